The number of ether oxygens (including phenoxy) is 3. The van der Waals surface area contributed by atoms with Gasteiger partial charge in [0.1, 0.15) is 5.82 Å². The molecule has 0 fully saturated rings. The maximum atomic E-state index is 13.2. The number of hydrogen-bond donors (Lipinski definition) is 1. The van der Waals surface area contributed by atoms with Crippen molar-refractivity contribution >= 4 is 44.6 Å². The molecule has 38 heavy (non-hydrogen) atoms. The molecule has 0 aliphatic carbocycles. The minimum atomic E-state index is -0.323. The minimum absolute atomic E-state index is 0.248. The van der Waals surface area contributed by atoms with Gasteiger partial charge in [0.15, 0.2) is 18.1 Å². The third kappa shape index (κ3) is 5.86. The Balaban J connectivity index is 1.61. The number of hydrogen-bond acceptors (Lipinski definition) is 7. The summed E-state index contributed by atoms with van der Waals surface area (Å²) >= 11 is 3.40. The summed E-state index contributed by atoms with van der Waals surface area (Å²) in [6.07, 6.45) is 2.04. The molecule has 0 aliphatic rings. The second-order valence-electron chi connectivity index (χ2n) is 8.31. The van der Waals surface area contributed by atoms with Crippen LogP contribution in [0.4, 0.5) is 5.69 Å². The van der Waals surface area contributed by atoms with Gasteiger partial charge in [-0.25, -0.2) is 4.98 Å². The number of carbonyl (C=O) groups is 1. The van der Waals surface area contributed by atoms with E-state index in [9.17, 15) is 9.59 Å². The van der Waals surface area contributed by atoms with Gasteiger partial charge in [-0.05, 0) is 48.9 Å². The normalized spacial score (nSPS) is 11.1. The first-order valence-electron chi connectivity index (χ1n) is 11.8. The molecule has 0 aliphatic heterocycles. The summed E-state index contributed by atoms with van der Waals surface area (Å²) in [5, 5.41) is 7.71. The highest BCUT2D eigenvalue weighted by atomic mass is 79.9. The summed E-state index contributed by atoms with van der Waals surface area (Å²) < 4.78 is 18.9. The minimum Gasteiger partial charge on any atom is -0.493 e. The Hall–Kier alpha value is -4.18. The summed E-state index contributed by atoms with van der Waals surface area (Å²) in [6.45, 7) is 3.57. The first-order valence-corrected chi connectivity index (χ1v) is 12.6. The molecule has 0 saturated carbocycles. The Morgan fingerprint density at radius 3 is 2.47 bits per heavy atom. The van der Waals surface area contributed by atoms with Crippen LogP contribution in [0.1, 0.15) is 23.9 Å². The number of methoxy groups -OCH3 is 2. The third-order valence-corrected chi connectivity index (χ3v) is 6.26. The fraction of sp³-hybridized carbons (Fsp3) is 0.214. The average molecular weight is 579 g/mol. The summed E-state index contributed by atoms with van der Waals surface area (Å²) in [4.78, 5) is 30.2. The van der Waals surface area contributed by atoms with E-state index in [1.54, 1.807) is 24.3 Å². The fourth-order valence-electron chi connectivity index (χ4n) is 3.82. The quantitative estimate of drug-likeness (QED) is 0.282. The van der Waals surface area contributed by atoms with Crippen LogP contribution >= 0.6 is 15.9 Å². The predicted octanol–water partition coefficient (Wildman–Crippen LogP) is 4.95. The van der Waals surface area contributed by atoms with Gasteiger partial charge in [-0.15, -0.1) is 0 Å². The molecule has 1 heterocycles. The molecule has 4 rings (SSSR count). The number of nitrogens with one attached hydrogen (secondary N) is 1. The van der Waals surface area contributed by atoms with Crippen LogP contribution in [0.5, 0.6) is 17.2 Å². The van der Waals surface area contributed by atoms with Gasteiger partial charge in [-0.2, -0.15) is 9.78 Å². The molecule has 1 amide bonds. The van der Waals surface area contributed by atoms with E-state index in [2.05, 4.69) is 31.3 Å². The highest BCUT2D eigenvalue weighted by Gasteiger charge is 2.16. The van der Waals surface area contributed by atoms with E-state index >= 15 is 0 Å². The van der Waals surface area contributed by atoms with Crippen molar-refractivity contribution in [3.05, 3.63) is 86.4 Å². The molecule has 0 bridgehead atoms. The molecule has 0 radical (unpaired) electrons. The largest absolute Gasteiger partial charge is 0.493 e. The average Bonchev–Trinajstić information content (AvgIpc) is 2.92. The molecular formula is C28H27BrN4O5. The van der Waals surface area contributed by atoms with Crippen molar-refractivity contribution in [2.45, 2.75) is 20.3 Å². The standard InChI is InChI=1S/C28H27BrN4O5/c1-5-25-31-22-11-10-19(29)14-20(22)28(35)33(25)30-15-18-12-23(36-3)27(24(13-18)37-4)38-16-26(34)32-21-9-7-6-8-17(21)2/h6-15H,5,16H2,1-4H3,(H,32,34). The molecule has 10 heteroatoms. The van der Waals surface area contributed by atoms with E-state index in [1.165, 1.54) is 25.1 Å². The maximum absolute atomic E-state index is 13.2. The van der Waals surface area contributed by atoms with Crippen molar-refractivity contribution in [1.82, 2.24) is 9.66 Å². The lowest BCUT2D eigenvalue weighted by Gasteiger charge is -2.15. The van der Waals surface area contributed by atoms with Gasteiger partial charge in [0.05, 0.1) is 31.3 Å². The van der Waals surface area contributed by atoms with E-state index in [0.717, 1.165) is 10.0 Å². The summed E-state index contributed by atoms with van der Waals surface area (Å²) in [6, 6.07) is 16.2. The zero-order valence-corrected chi connectivity index (χ0v) is 23.0. The zero-order valence-electron chi connectivity index (χ0n) is 21.4. The van der Waals surface area contributed by atoms with Crippen molar-refractivity contribution in [2.75, 3.05) is 26.1 Å². The fourth-order valence-corrected chi connectivity index (χ4v) is 4.18. The lowest BCUT2D eigenvalue weighted by molar-refractivity contribution is -0.118. The predicted molar refractivity (Wildman–Crippen MR) is 151 cm³/mol. The number of rotatable bonds is 9. The van der Waals surface area contributed by atoms with Crippen LogP contribution < -0.4 is 25.1 Å². The van der Waals surface area contributed by atoms with Crippen molar-refractivity contribution < 1.29 is 19.0 Å². The summed E-state index contributed by atoms with van der Waals surface area (Å²) in [5.74, 6) is 1.17. The molecule has 0 atom stereocenters. The highest BCUT2D eigenvalue weighted by Crippen LogP contribution is 2.38. The van der Waals surface area contributed by atoms with Crippen LogP contribution in [0.15, 0.2) is 69.0 Å². The molecule has 1 aromatic heterocycles. The van der Waals surface area contributed by atoms with Crippen molar-refractivity contribution in [3.63, 3.8) is 0 Å². The second-order valence-corrected chi connectivity index (χ2v) is 9.23. The van der Waals surface area contributed by atoms with E-state index in [0.29, 0.717) is 45.9 Å². The Bertz CT molecular complexity index is 1560. The SMILES string of the molecule is CCc1nc2ccc(Br)cc2c(=O)n1N=Cc1cc(OC)c(OCC(=O)Nc2ccccc2C)c(OC)c1. The zero-order chi connectivity index (χ0) is 27.2. The van der Waals surface area contributed by atoms with Crippen LogP contribution in [0.25, 0.3) is 10.9 Å². The van der Waals surface area contributed by atoms with Gasteiger partial charge in [-0.1, -0.05) is 41.1 Å². The Morgan fingerprint density at radius 2 is 1.82 bits per heavy atom. The molecule has 0 spiro atoms. The van der Waals surface area contributed by atoms with Crippen LogP contribution in [0.3, 0.4) is 0 Å². The van der Waals surface area contributed by atoms with E-state index in [-0.39, 0.29) is 23.8 Å². The molecule has 9 nitrogen and oxygen atoms in total. The summed E-state index contributed by atoms with van der Waals surface area (Å²) in [5.41, 5.74) is 2.59. The van der Waals surface area contributed by atoms with Crippen LogP contribution in [0.2, 0.25) is 0 Å². The van der Waals surface area contributed by atoms with Crippen molar-refractivity contribution in [2.24, 2.45) is 5.10 Å². The highest BCUT2D eigenvalue weighted by molar-refractivity contribution is 9.10. The Labute approximate surface area is 228 Å². The number of nitrogens with zero attached hydrogens (tertiary/aromatic N) is 3. The van der Waals surface area contributed by atoms with Gasteiger partial charge in [0.25, 0.3) is 11.5 Å². The topological polar surface area (TPSA) is 104 Å². The first kappa shape index (κ1) is 26.9. The second kappa shape index (κ2) is 11.9. The maximum Gasteiger partial charge on any atom is 0.282 e. The Morgan fingerprint density at radius 1 is 1.11 bits per heavy atom. The number of aromatic nitrogens is 2. The molecule has 3 aromatic carbocycles. The lowest BCUT2D eigenvalue weighted by atomic mass is 10.2. The van der Waals surface area contributed by atoms with E-state index < -0.39 is 0 Å². The number of carbonyl (C=O) groups excluding carboxylic acids is 1. The number of amides is 1. The van der Waals surface area contributed by atoms with Gasteiger partial charge < -0.3 is 19.5 Å². The molecular weight excluding hydrogens is 552 g/mol. The van der Waals surface area contributed by atoms with Crippen LogP contribution in [-0.2, 0) is 11.2 Å². The number of aryl methyl sites for hydroxylation is 2. The Kier molecular flexibility index (Phi) is 8.42. The third-order valence-electron chi connectivity index (χ3n) is 5.76. The van der Waals surface area contributed by atoms with Gasteiger partial charge in [-0.3, -0.25) is 9.59 Å². The summed E-state index contributed by atoms with van der Waals surface area (Å²) in [7, 11) is 2.97. The van der Waals surface area contributed by atoms with Gasteiger partial charge >= 0.3 is 0 Å². The van der Waals surface area contributed by atoms with Crippen LogP contribution in [-0.4, -0.2) is 42.6 Å². The molecule has 196 valence electrons. The van der Waals surface area contributed by atoms with E-state index in [4.69, 9.17) is 14.2 Å². The molecule has 0 saturated heterocycles. The number of benzene rings is 3. The smallest absolute Gasteiger partial charge is 0.282 e. The van der Waals surface area contributed by atoms with E-state index in [1.807, 2.05) is 44.2 Å². The molecule has 0 unspecified atom stereocenters. The van der Waals surface area contributed by atoms with Crippen LogP contribution in [0, 0.1) is 6.92 Å². The lowest BCUT2D eigenvalue weighted by Crippen LogP contribution is -2.22. The number of anilines is 1. The molecule has 4 aromatic rings. The van der Waals surface area contributed by atoms with Crippen molar-refractivity contribution in [3.8, 4) is 17.2 Å². The van der Waals surface area contributed by atoms with Gasteiger partial charge in [0.2, 0.25) is 5.75 Å². The number of fused-ring (bicyclic) bond motifs is 1. The molecule has 1 N–H and O–H groups in total. The monoisotopic (exact) mass is 578 g/mol. The number of para-hydroxylation sites is 1. The first-order chi connectivity index (χ1) is 18.3. The van der Waals surface area contributed by atoms with Gasteiger partial charge in [0, 0.05) is 22.1 Å². The van der Waals surface area contributed by atoms with Crippen molar-refractivity contribution in [1.29, 1.82) is 0 Å². The number of halogens is 1.